The van der Waals surface area contributed by atoms with Gasteiger partial charge in [-0.1, -0.05) is 0 Å². The smallest absolute Gasteiger partial charge is 0.317 e. The van der Waals surface area contributed by atoms with Crippen molar-refractivity contribution >= 4 is 23.6 Å². The Balaban J connectivity index is 3.83. The van der Waals surface area contributed by atoms with Crippen molar-refractivity contribution in [2.24, 2.45) is 5.73 Å². The fourth-order valence-corrected chi connectivity index (χ4v) is 0.987. The van der Waals surface area contributed by atoms with Crippen molar-refractivity contribution in [3.05, 3.63) is 0 Å². The molecule has 0 aromatic rings. The highest BCUT2D eigenvalue weighted by Crippen LogP contribution is 2.09. The van der Waals surface area contributed by atoms with Crippen LogP contribution < -0.4 is 5.73 Å². The third kappa shape index (κ3) is 3.34. The zero-order chi connectivity index (χ0) is 8.15. The van der Waals surface area contributed by atoms with E-state index in [0.717, 1.165) is 11.8 Å². The number of nitrogens with two attached hydrogens (primary N) is 1. The van der Waals surface area contributed by atoms with Gasteiger partial charge < -0.3 is 10.8 Å². The van der Waals surface area contributed by atoms with Crippen LogP contribution in [0.4, 0.5) is 0 Å². The topological polar surface area (TPSA) is 80.4 Å². The third-order valence-electron chi connectivity index (χ3n) is 0.947. The molecule has 1 amide bonds. The van der Waals surface area contributed by atoms with Crippen LogP contribution in [0.2, 0.25) is 0 Å². The Bertz CT molecular complexity index is 148. The quantitative estimate of drug-likeness (QED) is 0.595. The van der Waals surface area contributed by atoms with Gasteiger partial charge in [0.1, 0.15) is 5.25 Å². The zero-order valence-electron chi connectivity index (χ0n) is 5.53. The highest BCUT2D eigenvalue weighted by Gasteiger charge is 2.17. The largest absolute Gasteiger partial charge is 0.480 e. The first-order valence-corrected chi connectivity index (χ1v) is 3.90. The van der Waals surface area contributed by atoms with Gasteiger partial charge in [0.05, 0.1) is 0 Å². The van der Waals surface area contributed by atoms with Gasteiger partial charge >= 0.3 is 5.97 Å². The van der Waals surface area contributed by atoms with Crippen molar-refractivity contribution < 1.29 is 14.7 Å². The predicted octanol–water partition coefficient (Wildman–Crippen LogP) is -0.322. The van der Waals surface area contributed by atoms with Gasteiger partial charge in [0.2, 0.25) is 5.91 Å². The van der Waals surface area contributed by atoms with Gasteiger partial charge in [-0.15, -0.1) is 11.8 Å². The number of carboxylic acid groups (broad SMARTS) is 1. The second kappa shape index (κ2) is 4.16. The summed E-state index contributed by atoms with van der Waals surface area (Å²) in [5.74, 6) is -1.58. The molecule has 0 rings (SSSR count). The van der Waals surface area contributed by atoms with E-state index in [2.05, 4.69) is 0 Å². The highest BCUT2D eigenvalue weighted by molar-refractivity contribution is 7.99. The summed E-state index contributed by atoms with van der Waals surface area (Å²) in [6.07, 6.45) is 1.53. The minimum absolute atomic E-state index is 0.101. The Kier molecular flexibility index (Phi) is 3.87. The van der Waals surface area contributed by atoms with E-state index < -0.39 is 17.1 Å². The lowest BCUT2D eigenvalue weighted by atomic mass is 10.3. The van der Waals surface area contributed by atoms with Crippen LogP contribution in [0.15, 0.2) is 0 Å². The van der Waals surface area contributed by atoms with Gasteiger partial charge in [0.15, 0.2) is 0 Å². The molecule has 5 heteroatoms. The molecular weight excluding hydrogens is 154 g/mol. The lowest BCUT2D eigenvalue weighted by molar-refractivity contribution is -0.137. The van der Waals surface area contributed by atoms with Crippen molar-refractivity contribution in [2.45, 2.75) is 11.7 Å². The number of thioether (sulfide) groups is 1. The molecule has 0 heterocycles. The Morgan fingerprint density at radius 3 is 2.30 bits per heavy atom. The third-order valence-corrected chi connectivity index (χ3v) is 1.88. The van der Waals surface area contributed by atoms with Gasteiger partial charge in [0.25, 0.3) is 0 Å². The molecule has 0 aliphatic carbocycles. The van der Waals surface area contributed by atoms with Crippen LogP contribution in [0.3, 0.4) is 0 Å². The maximum Gasteiger partial charge on any atom is 0.317 e. The fraction of sp³-hybridized carbons (Fsp3) is 0.600. The number of amides is 1. The molecule has 3 N–H and O–H groups in total. The molecule has 0 saturated carbocycles. The molecule has 58 valence electrons. The van der Waals surface area contributed by atoms with E-state index in [1.807, 2.05) is 0 Å². The number of carbonyl (C=O) groups excluding carboxylic acids is 1. The minimum atomic E-state index is -0.994. The van der Waals surface area contributed by atoms with Crippen molar-refractivity contribution in [1.82, 2.24) is 0 Å². The predicted molar refractivity (Wildman–Crippen MR) is 38.8 cm³/mol. The lowest BCUT2D eigenvalue weighted by Gasteiger charge is -2.04. The Morgan fingerprint density at radius 2 is 2.20 bits per heavy atom. The Labute approximate surface area is 62.8 Å². The first-order chi connectivity index (χ1) is 4.57. The summed E-state index contributed by atoms with van der Waals surface area (Å²) < 4.78 is 0. The number of carbonyl (C=O) groups is 2. The van der Waals surface area contributed by atoms with Crippen LogP contribution in [-0.4, -0.2) is 28.5 Å². The summed E-state index contributed by atoms with van der Waals surface area (Å²) >= 11 is 1.11. The second-order valence-electron chi connectivity index (χ2n) is 1.73. The standard InChI is InChI=1S/C5H9NO3S/c1-10-3(5(8)9)2-4(6)7/h3H,2H2,1H3,(H2,6,7)(H,8,9)/t3-/m0/s1. The first kappa shape index (κ1) is 9.29. The van der Waals surface area contributed by atoms with E-state index in [9.17, 15) is 9.59 Å². The zero-order valence-corrected chi connectivity index (χ0v) is 6.35. The highest BCUT2D eigenvalue weighted by atomic mass is 32.2. The second-order valence-corrected chi connectivity index (χ2v) is 2.77. The van der Waals surface area contributed by atoms with Gasteiger partial charge in [0, 0.05) is 6.42 Å². The summed E-state index contributed by atoms with van der Waals surface area (Å²) in [7, 11) is 0. The maximum atomic E-state index is 10.2. The molecule has 0 saturated heterocycles. The molecule has 0 spiro atoms. The van der Waals surface area contributed by atoms with Crippen LogP contribution in [0.1, 0.15) is 6.42 Å². The number of primary amides is 1. The van der Waals surface area contributed by atoms with E-state index in [4.69, 9.17) is 10.8 Å². The van der Waals surface area contributed by atoms with Gasteiger partial charge in [-0.05, 0) is 6.26 Å². The molecule has 0 aromatic carbocycles. The molecular formula is C5H9NO3S. The molecule has 0 radical (unpaired) electrons. The van der Waals surface area contributed by atoms with Gasteiger partial charge in [-0.3, -0.25) is 9.59 Å². The van der Waals surface area contributed by atoms with Gasteiger partial charge in [-0.25, -0.2) is 0 Å². The maximum absolute atomic E-state index is 10.2. The van der Waals surface area contributed by atoms with Crippen LogP contribution in [0.25, 0.3) is 0 Å². The molecule has 0 bridgehead atoms. The van der Waals surface area contributed by atoms with E-state index in [0.29, 0.717) is 0 Å². The Hall–Kier alpha value is -0.710. The number of hydrogen-bond acceptors (Lipinski definition) is 3. The summed E-state index contributed by atoms with van der Waals surface area (Å²) in [5, 5.41) is 7.70. The molecule has 1 atom stereocenters. The minimum Gasteiger partial charge on any atom is -0.480 e. The Morgan fingerprint density at radius 1 is 1.70 bits per heavy atom. The summed E-state index contributed by atoms with van der Waals surface area (Å²) in [5.41, 5.74) is 4.79. The van der Waals surface area contributed by atoms with Crippen LogP contribution in [-0.2, 0) is 9.59 Å². The molecule has 0 aliphatic rings. The SMILES string of the molecule is CS[C@@H](CC(N)=O)C(=O)O. The number of rotatable bonds is 4. The first-order valence-electron chi connectivity index (χ1n) is 2.61. The molecule has 0 aromatic heterocycles. The molecule has 4 nitrogen and oxygen atoms in total. The summed E-state index contributed by atoms with van der Waals surface area (Å²) in [4.78, 5) is 20.5. The van der Waals surface area contributed by atoms with Crippen LogP contribution in [0, 0.1) is 0 Å². The van der Waals surface area contributed by atoms with E-state index in [1.54, 1.807) is 6.26 Å². The lowest BCUT2D eigenvalue weighted by Crippen LogP contribution is -2.24. The van der Waals surface area contributed by atoms with Crippen molar-refractivity contribution in [2.75, 3.05) is 6.26 Å². The summed E-state index contributed by atoms with van der Waals surface area (Å²) in [6, 6.07) is 0. The summed E-state index contributed by atoms with van der Waals surface area (Å²) in [6.45, 7) is 0. The fourth-order valence-electron chi connectivity index (χ4n) is 0.454. The molecule has 10 heavy (non-hydrogen) atoms. The average Bonchev–Trinajstić information content (AvgIpc) is 1.81. The molecule has 0 aliphatic heterocycles. The van der Waals surface area contributed by atoms with Crippen LogP contribution >= 0.6 is 11.8 Å². The van der Waals surface area contributed by atoms with Crippen molar-refractivity contribution in [3.63, 3.8) is 0 Å². The number of carboxylic acids is 1. The van der Waals surface area contributed by atoms with E-state index >= 15 is 0 Å². The average molecular weight is 163 g/mol. The monoisotopic (exact) mass is 163 g/mol. The van der Waals surface area contributed by atoms with E-state index in [1.165, 1.54) is 0 Å². The normalized spacial score (nSPS) is 12.5. The van der Waals surface area contributed by atoms with Crippen molar-refractivity contribution in [1.29, 1.82) is 0 Å². The molecule has 0 unspecified atom stereocenters. The number of hydrogen-bond donors (Lipinski definition) is 2. The van der Waals surface area contributed by atoms with E-state index in [-0.39, 0.29) is 6.42 Å². The van der Waals surface area contributed by atoms with Crippen molar-refractivity contribution in [3.8, 4) is 0 Å². The van der Waals surface area contributed by atoms with Gasteiger partial charge in [-0.2, -0.15) is 0 Å². The molecule has 0 fully saturated rings. The van der Waals surface area contributed by atoms with Crippen LogP contribution in [0.5, 0.6) is 0 Å². The number of aliphatic carboxylic acids is 1.